The maximum Gasteiger partial charge on any atom is 0.187 e. The summed E-state index contributed by atoms with van der Waals surface area (Å²) in [4.78, 5) is 20.3. The molecule has 0 aliphatic carbocycles. The second kappa shape index (κ2) is 10.7. The number of aromatic nitrogens is 1. The SMILES string of the molecule is O=C(c1ccccc1)[C@@](c1ccc(Cl)cc1)(c1ccc2ccccc2n1)P(=O)(c1ccccc1)c1ccccc1. The van der Waals surface area contributed by atoms with Gasteiger partial charge in [-0.2, -0.15) is 0 Å². The second-order valence-electron chi connectivity index (χ2n) is 9.58. The number of rotatable bonds is 7. The summed E-state index contributed by atoms with van der Waals surface area (Å²) >= 11 is 6.36. The Balaban J connectivity index is 1.84. The molecule has 0 saturated carbocycles. The topological polar surface area (TPSA) is 47.0 Å². The van der Waals surface area contributed by atoms with Crippen LogP contribution in [0.5, 0.6) is 0 Å². The number of ketones is 1. The Morgan fingerprint density at radius 3 is 1.73 bits per heavy atom. The molecule has 0 spiro atoms. The first-order chi connectivity index (χ1) is 19.5. The summed E-state index contributed by atoms with van der Waals surface area (Å²) in [5.74, 6) is -0.297. The Morgan fingerprint density at radius 2 is 1.12 bits per heavy atom. The van der Waals surface area contributed by atoms with Gasteiger partial charge in [0, 0.05) is 26.6 Å². The smallest absolute Gasteiger partial charge is 0.187 e. The van der Waals surface area contributed by atoms with Crippen LogP contribution >= 0.6 is 18.7 Å². The molecule has 0 fully saturated rings. The normalized spacial score (nSPS) is 13.0. The summed E-state index contributed by atoms with van der Waals surface area (Å²) < 4.78 is 16.4. The van der Waals surface area contributed by atoms with Crippen LogP contribution in [-0.2, 0) is 9.72 Å². The number of Topliss-reactive ketones (excluding diaryl/α,β-unsaturated/α-hetero) is 1. The van der Waals surface area contributed by atoms with Crippen molar-refractivity contribution < 1.29 is 9.36 Å². The lowest BCUT2D eigenvalue weighted by Gasteiger charge is -2.40. The molecule has 5 aromatic carbocycles. The van der Waals surface area contributed by atoms with Gasteiger partial charge in [-0.1, -0.05) is 139 Å². The molecule has 0 aliphatic heterocycles. The number of carbonyl (C=O) groups excluding carboxylic acids is 1. The van der Waals surface area contributed by atoms with Crippen molar-refractivity contribution in [3.05, 3.63) is 174 Å². The maximum atomic E-state index is 16.4. The number of halogens is 1. The van der Waals surface area contributed by atoms with Gasteiger partial charge in [-0.3, -0.25) is 9.78 Å². The van der Waals surface area contributed by atoms with E-state index in [-0.39, 0.29) is 5.78 Å². The number of fused-ring (bicyclic) bond motifs is 1. The number of para-hydroxylation sites is 1. The Labute approximate surface area is 238 Å². The number of benzene rings is 5. The molecule has 1 aromatic heterocycles. The third-order valence-corrected chi connectivity index (χ3v) is 11.2. The zero-order valence-electron chi connectivity index (χ0n) is 21.5. The van der Waals surface area contributed by atoms with Gasteiger partial charge >= 0.3 is 0 Å². The summed E-state index contributed by atoms with van der Waals surface area (Å²) in [6.07, 6.45) is 0. The van der Waals surface area contributed by atoms with Gasteiger partial charge in [0.2, 0.25) is 0 Å². The van der Waals surface area contributed by atoms with Crippen molar-refractivity contribution in [2.24, 2.45) is 0 Å². The largest absolute Gasteiger partial charge is 0.312 e. The number of pyridine rings is 1. The van der Waals surface area contributed by atoms with Gasteiger partial charge in [0.25, 0.3) is 0 Å². The van der Waals surface area contributed by atoms with E-state index >= 15 is 9.36 Å². The standard InChI is InChI=1S/C35H25ClNO2P/c36-29-23-21-28(22-24-29)35(34(38)27-13-4-1-5-14-27,33-25-20-26-12-10-11-19-32(26)37-33)40(39,30-15-6-2-7-16-30)31-17-8-3-9-18-31/h1-25H/t35-/m1/s1. The lowest BCUT2D eigenvalue weighted by atomic mass is 9.86. The first-order valence-electron chi connectivity index (χ1n) is 13.0. The molecule has 0 aliphatic rings. The van der Waals surface area contributed by atoms with Gasteiger partial charge in [-0.15, -0.1) is 0 Å². The van der Waals surface area contributed by atoms with Crippen LogP contribution in [0.1, 0.15) is 21.6 Å². The predicted octanol–water partition coefficient (Wildman–Crippen LogP) is 8.03. The molecule has 0 amide bonds. The highest BCUT2D eigenvalue weighted by molar-refractivity contribution is 7.80. The average Bonchev–Trinajstić information content (AvgIpc) is 3.03. The minimum atomic E-state index is -3.88. The third-order valence-electron chi connectivity index (χ3n) is 7.31. The Morgan fingerprint density at radius 1 is 0.600 bits per heavy atom. The first-order valence-corrected chi connectivity index (χ1v) is 15.1. The summed E-state index contributed by atoms with van der Waals surface area (Å²) in [7, 11) is -3.88. The van der Waals surface area contributed by atoms with E-state index in [1.54, 1.807) is 36.4 Å². The van der Waals surface area contributed by atoms with E-state index in [4.69, 9.17) is 16.6 Å². The summed E-state index contributed by atoms with van der Waals surface area (Å²) in [6, 6.07) is 46.3. The van der Waals surface area contributed by atoms with Crippen molar-refractivity contribution in [2.75, 3.05) is 0 Å². The van der Waals surface area contributed by atoms with E-state index in [0.717, 1.165) is 5.39 Å². The number of hydrogen-bond acceptors (Lipinski definition) is 3. The van der Waals surface area contributed by atoms with Gasteiger partial charge in [0.1, 0.15) is 0 Å². The quantitative estimate of drug-likeness (QED) is 0.147. The van der Waals surface area contributed by atoms with Gasteiger partial charge < -0.3 is 4.57 Å². The maximum absolute atomic E-state index is 16.4. The lowest BCUT2D eigenvalue weighted by molar-refractivity contribution is 0.0953. The highest BCUT2D eigenvalue weighted by Gasteiger charge is 2.59. The number of hydrogen-bond donors (Lipinski definition) is 0. The van der Waals surface area contributed by atoms with Crippen molar-refractivity contribution >= 4 is 46.0 Å². The summed E-state index contributed by atoms with van der Waals surface area (Å²) in [5, 5.41) is 0.875. The van der Waals surface area contributed by atoms with E-state index in [1.165, 1.54) is 0 Å². The van der Waals surface area contributed by atoms with E-state index in [2.05, 4.69) is 0 Å². The third kappa shape index (κ3) is 4.19. The first kappa shape index (κ1) is 26.0. The van der Waals surface area contributed by atoms with Gasteiger partial charge in [0.05, 0.1) is 11.2 Å². The highest BCUT2D eigenvalue weighted by Crippen LogP contribution is 2.65. The molecule has 1 atom stereocenters. The van der Waals surface area contributed by atoms with Gasteiger partial charge in [0.15, 0.2) is 18.1 Å². The molecule has 6 rings (SSSR count). The van der Waals surface area contributed by atoms with Crippen molar-refractivity contribution in [3.63, 3.8) is 0 Å². The van der Waals surface area contributed by atoms with E-state index in [0.29, 0.717) is 38.0 Å². The predicted molar refractivity (Wildman–Crippen MR) is 165 cm³/mol. The fourth-order valence-corrected chi connectivity index (χ4v) is 9.21. The van der Waals surface area contributed by atoms with Gasteiger partial charge in [-0.05, 0) is 29.8 Å². The van der Waals surface area contributed by atoms with Crippen molar-refractivity contribution in [1.82, 2.24) is 4.98 Å². The number of nitrogens with zero attached hydrogens (tertiary/aromatic N) is 1. The zero-order chi connectivity index (χ0) is 27.6. The van der Waals surface area contributed by atoms with Crippen LogP contribution in [0.2, 0.25) is 5.02 Å². The molecule has 194 valence electrons. The minimum Gasteiger partial charge on any atom is -0.312 e. The molecular formula is C35H25ClNO2P. The Bertz CT molecular complexity index is 1800. The Kier molecular flexibility index (Phi) is 6.94. The van der Waals surface area contributed by atoms with E-state index < -0.39 is 12.3 Å². The molecule has 0 bridgehead atoms. The van der Waals surface area contributed by atoms with Gasteiger partial charge in [-0.25, -0.2) is 0 Å². The van der Waals surface area contributed by atoms with Crippen LogP contribution in [-0.4, -0.2) is 10.8 Å². The molecule has 40 heavy (non-hydrogen) atoms. The fourth-order valence-electron chi connectivity index (χ4n) is 5.45. The van der Waals surface area contributed by atoms with Crippen molar-refractivity contribution in [2.45, 2.75) is 5.16 Å². The molecular weight excluding hydrogens is 533 g/mol. The van der Waals surface area contributed by atoms with Crippen LogP contribution < -0.4 is 10.6 Å². The summed E-state index contributed by atoms with van der Waals surface area (Å²) in [5.41, 5.74) is 2.13. The highest BCUT2D eigenvalue weighted by atomic mass is 35.5. The fraction of sp³-hybridized carbons (Fsp3) is 0.0286. The minimum absolute atomic E-state index is 0.297. The molecule has 1 heterocycles. The van der Waals surface area contributed by atoms with Crippen LogP contribution in [0.4, 0.5) is 0 Å². The van der Waals surface area contributed by atoms with Crippen LogP contribution in [0.25, 0.3) is 10.9 Å². The molecule has 0 radical (unpaired) electrons. The second-order valence-corrected chi connectivity index (χ2v) is 12.9. The van der Waals surface area contributed by atoms with Crippen LogP contribution in [0, 0.1) is 0 Å². The van der Waals surface area contributed by atoms with E-state index in [1.807, 2.05) is 115 Å². The molecule has 0 saturated heterocycles. The average molecular weight is 558 g/mol. The molecule has 6 aromatic rings. The molecule has 5 heteroatoms. The van der Waals surface area contributed by atoms with E-state index in [9.17, 15) is 0 Å². The number of carbonyl (C=O) groups is 1. The Hall–Kier alpha value is -4.30. The van der Waals surface area contributed by atoms with Crippen LogP contribution in [0.3, 0.4) is 0 Å². The molecule has 0 unspecified atom stereocenters. The monoisotopic (exact) mass is 557 g/mol. The summed E-state index contributed by atoms with van der Waals surface area (Å²) in [6.45, 7) is 0. The van der Waals surface area contributed by atoms with Crippen molar-refractivity contribution in [1.29, 1.82) is 0 Å². The zero-order valence-corrected chi connectivity index (χ0v) is 23.2. The van der Waals surface area contributed by atoms with Crippen LogP contribution in [0.15, 0.2) is 152 Å². The molecule has 3 nitrogen and oxygen atoms in total. The lowest BCUT2D eigenvalue weighted by Crippen LogP contribution is -2.44. The van der Waals surface area contributed by atoms with Crippen molar-refractivity contribution in [3.8, 4) is 0 Å². The molecule has 0 N–H and O–H groups in total.